The summed E-state index contributed by atoms with van der Waals surface area (Å²) in [6.07, 6.45) is 0.875. The third-order valence-corrected chi connectivity index (χ3v) is 4.56. The number of rotatable bonds is 7. The van der Waals surface area contributed by atoms with Crippen LogP contribution in [-0.2, 0) is 0 Å². The molecule has 2 aromatic rings. The Kier molecular flexibility index (Phi) is 5.78. The Bertz CT molecular complexity index is 903. The Hall–Kier alpha value is -3.15. The molecule has 0 radical (unpaired) electrons. The Morgan fingerprint density at radius 3 is 2.36 bits per heavy atom. The third kappa shape index (κ3) is 3.91. The van der Waals surface area contributed by atoms with Crippen LogP contribution in [0, 0.1) is 5.92 Å². The highest BCUT2D eigenvalue weighted by Crippen LogP contribution is 2.30. The van der Waals surface area contributed by atoms with E-state index in [-0.39, 0.29) is 11.5 Å². The van der Waals surface area contributed by atoms with Crippen molar-refractivity contribution in [3.05, 3.63) is 59.2 Å². The molecule has 1 heterocycles. The highest BCUT2D eigenvalue weighted by molar-refractivity contribution is 6.34. The van der Waals surface area contributed by atoms with Crippen molar-refractivity contribution >= 4 is 23.4 Å². The summed E-state index contributed by atoms with van der Waals surface area (Å²) >= 11 is 0. The number of benzene rings is 2. The number of amides is 3. The summed E-state index contributed by atoms with van der Waals surface area (Å²) in [5.74, 6) is 0.0885. The number of fused-ring (bicyclic) bond motifs is 1. The summed E-state index contributed by atoms with van der Waals surface area (Å²) in [7, 11) is 0. The van der Waals surface area contributed by atoms with Crippen molar-refractivity contribution in [1.82, 2.24) is 5.32 Å². The Morgan fingerprint density at radius 2 is 1.71 bits per heavy atom. The lowest BCUT2D eigenvalue weighted by atomic mass is 10.1. The van der Waals surface area contributed by atoms with Crippen molar-refractivity contribution in [2.75, 3.05) is 18.1 Å². The van der Waals surface area contributed by atoms with E-state index < -0.39 is 11.8 Å². The zero-order chi connectivity index (χ0) is 20.3. The maximum Gasteiger partial charge on any atom is 0.266 e. The van der Waals surface area contributed by atoms with E-state index in [9.17, 15) is 14.4 Å². The lowest BCUT2D eigenvalue weighted by Gasteiger charge is -2.14. The average Bonchev–Trinajstić information content (AvgIpc) is 2.92. The van der Waals surface area contributed by atoms with E-state index in [4.69, 9.17) is 4.74 Å². The van der Waals surface area contributed by atoms with Gasteiger partial charge >= 0.3 is 0 Å². The molecule has 1 N–H and O–H groups in total. The van der Waals surface area contributed by atoms with Crippen LogP contribution in [0.4, 0.5) is 5.69 Å². The van der Waals surface area contributed by atoms with Crippen LogP contribution in [0.3, 0.4) is 0 Å². The van der Waals surface area contributed by atoms with Crippen LogP contribution >= 0.6 is 0 Å². The molecule has 6 heteroatoms. The molecule has 0 aliphatic carbocycles. The summed E-state index contributed by atoms with van der Waals surface area (Å²) in [6.45, 7) is 7.16. The molecule has 1 aliphatic heterocycles. The fraction of sp³-hybridized carbons (Fsp3) is 0.318. The van der Waals surface area contributed by atoms with Crippen LogP contribution in [0.5, 0.6) is 5.75 Å². The van der Waals surface area contributed by atoms with Gasteiger partial charge in [0, 0.05) is 12.1 Å². The van der Waals surface area contributed by atoms with Gasteiger partial charge in [-0.25, -0.2) is 4.90 Å². The zero-order valence-corrected chi connectivity index (χ0v) is 16.3. The normalized spacial score (nSPS) is 13.1. The maximum atomic E-state index is 12.8. The Labute approximate surface area is 164 Å². The SMILES string of the molecule is CCOc1ccc(N2C(=O)c3ccc(C(=O)NCCC(C)C)cc3C2=O)cc1. The Balaban J connectivity index is 1.80. The van der Waals surface area contributed by atoms with Crippen LogP contribution in [-0.4, -0.2) is 30.9 Å². The summed E-state index contributed by atoms with van der Waals surface area (Å²) in [6, 6.07) is 11.4. The molecule has 3 amide bonds. The van der Waals surface area contributed by atoms with E-state index in [0.717, 1.165) is 11.3 Å². The Morgan fingerprint density at radius 1 is 1.04 bits per heavy atom. The molecule has 0 aromatic heterocycles. The molecule has 0 atom stereocenters. The molecule has 2 aromatic carbocycles. The second-order valence-corrected chi connectivity index (χ2v) is 7.07. The van der Waals surface area contributed by atoms with Crippen molar-refractivity contribution < 1.29 is 19.1 Å². The summed E-state index contributed by atoms with van der Waals surface area (Å²) < 4.78 is 5.40. The van der Waals surface area contributed by atoms with Crippen LogP contribution in [0.25, 0.3) is 0 Å². The molecule has 6 nitrogen and oxygen atoms in total. The van der Waals surface area contributed by atoms with E-state index in [1.807, 2.05) is 6.92 Å². The predicted molar refractivity (Wildman–Crippen MR) is 107 cm³/mol. The van der Waals surface area contributed by atoms with Gasteiger partial charge in [0.2, 0.25) is 0 Å². The topological polar surface area (TPSA) is 75.7 Å². The molecule has 1 aliphatic rings. The van der Waals surface area contributed by atoms with Crippen LogP contribution in [0.2, 0.25) is 0 Å². The van der Waals surface area contributed by atoms with Crippen LogP contribution < -0.4 is 15.0 Å². The third-order valence-electron chi connectivity index (χ3n) is 4.56. The quantitative estimate of drug-likeness (QED) is 0.744. The largest absolute Gasteiger partial charge is 0.494 e. The summed E-state index contributed by atoms with van der Waals surface area (Å²) in [5.41, 5.74) is 1.39. The zero-order valence-electron chi connectivity index (χ0n) is 16.3. The second kappa shape index (κ2) is 8.25. The highest BCUT2D eigenvalue weighted by Gasteiger charge is 2.37. The molecule has 146 valence electrons. The van der Waals surface area contributed by atoms with E-state index in [0.29, 0.717) is 41.6 Å². The van der Waals surface area contributed by atoms with E-state index >= 15 is 0 Å². The fourth-order valence-electron chi connectivity index (χ4n) is 3.05. The molecule has 0 fully saturated rings. The van der Waals surface area contributed by atoms with Crippen LogP contribution in [0.15, 0.2) is 42.5 Å². The van der Waals surface area contributed by atoms with E-state index in [1.165, 1.54) is 6.07 Å². The van der Waals surface area contributed by atoms with Crippen molar-refractivity contribution in [1.29, 1.82) is 0 Å². The molecular formula is C22H24N2O4. The summed E-state index contributed by atoms with van der Waals surface area (Å²) in [5, 5.41) is 2.85. The van der Waals surface area contributed by atoms with Gasteiger partial charge in [-0.1, -0.05) is 13.8 Å². The molecule has 28 heavy (non-hydrogen) atoms. The van der Waals surface area contributed by atoms with Gasteiger partial charge in [0.05, 0.1) is 23.4 Å². The number of imide groups is 1. The molecule has 0 saturated carbocycles. The number of carbonyl (C=O) groups is 3. The van der Waals surface area contributed by atoms with Gasteiger partial charge < -0.3 is 10.1 Å². The first-order chi connectivity index (χ1) is 13.4. The minimum Gasteiger partial charge on any atom is -0.494 e. The van der Waals surface area contributed by atoms with Gasteiger partial charge in [-0.2, -0.15) is 0 Å². The molecule has 0 saturated heterocycles. The number of nitrogens with zero attached hydrogens (tertiary/aromatic N) is 1. The smallest absolute Gasteiger partial charge is 0.266 e. The van der Waals surface area contributed by atoms with E-state index in [1.54, 1.807) is 36.4 Å². The lowest BCUT2D eigenvalue weighted by molar-refractivity contribution is 0.0923. The van der Waals surface area contributed by atoms with Crippen LogP contribution in [0.1, 0.15) is 58.3 Å². The minimum absolute atomic E-state index is 0.246. The number of ether oxygens (including phenoxy) is 1. The second-order valence-electron chi connectivity index (χ2n) is 7.07. The van der Waals surface area contributed by atoms with E-state index in [2.05, 4.69) is 19.2 Å². The number of nitrogens with one attached hydrogen (secondary N) is 1. The number of hydrogen-bond donors (Lipinski definition) is 1. The number of anilines is 1. The standard InChI is InChI=1S/C22H24N2O4/c1-4-28-17-8-6-16(7-9-17)24-21(26)18-10-5-15(13-19(18)22(24)27)20(25)23-12-11-14(2)3/h5-10,13-14H,4,11-12H2,1-3H3,(H,23,25). The minimum atomic E-state index is -0.430. The van der Waals surface area contributed by atoms with Crippen molar-refractivity contribution in [3.8, 4) is 5.75 Å². The first-order valence-electron chi connectivity index (χ1n) is 9.46. The van der Waals surface area contributed by atoms with Crippen molar-refractivity contribution in [2.45, 2.75) is 27.2 Å². The van der Waals surface area contributed by atoms with Gasteiger partial charge in [-0.3, -0.25) is 14.4 Å². The fourth-order valence-corrected chi connectivity index (χ4v) is 3.05. The number of hydrogen-bond acceptors (Lipinski definition) is 4. The average molecular weight is 380 g/mol. The summed E-state index contributed by atoms with van der Waals surface area (Å²) in [4.78, 5) is 39.0. The number of carbonyl (C=O) groups excluding carboxylic acids is 3. The molecular weight excluding hydrogens is 356 g/mol. The predicted octanol–water partition coefficient (Wildman–Crippen LogP) is 3.66. The maximum absolute atomic E-state index is 12.8. The van der Waals surface area contributed by atoms with Gasteiger partial charge in [0.15, 0.2) is 0 Å². The highest BCUT2D eigenvalue weighted by atomic mass is 16.5. The van der Waals surface area contributed by atoms with Crippen molar-refractivity contribution in [3.63, 3.8) is 0 Å². The molecule has 0 unspecified atom stereocenters. The molecule has 0 spiro atoms. The molecule has 3 rings (SSSR count). The monoisotopic (exact) mass is 380 g/mol. The van der Waals surface area contributed by atoms with Gasteiger partial charge in [-0.05, 0) is 61.7 Å². The van der Waals surface area contributed by atoms with Gasteiger partial charge in [0.25, 0.3) is 17.7 Å². The molecule has 0 bridgehead atoms. The first-order valence-corrected chi connectivity index (χ1v) is 9.46. The van der Waals surface area contributed by atoms with Crippen molar-refractivity contribution in [2.24, 2.45) is 5.92 Å². The van der Waals surface area contributed by atoms with Gasteiger partial charge in [0.1, 0.15) is 5.75 Å². The van der Waals surface area contributed by atoms with Gasteiger partial charge in [-0.15, -0.1) is 0 Å². The first kappa shape index (κ1) is 19.6. The lowest BCUT2D eigenvalue weighted by Crippen LogP contribution is -2.29.